The molecule has 0 nitrogen and oxygen atoms in total. The Morgan fingerprint density at radius 1 is 0.540 bits per heavy atom. The van der Waals surface area contributed by atoms with Gasteiger partial charge >= 0.3 is 37.9 Å². The molecule has 6 rings (SSSR count). The predicted octanol–water partition coefficient (Wildman–Crippen LogP) is 15.2. The summed E-state index contributed by atoms with van der Waals surface area (Å²) in [6.45, 7) is 13.3. The number of benzene rings is 4. The van der Waals surface area contributed by atoms with Gasteiger partial charge in [0.1, 0.15) is 0 Å². The third-order valence-corrected chi connectivity index (χ3v) is 9.11. The average molecular weight is 799 g/mol. The Balaban J connectivity index is 0.000000234. The van der Waals surface area contributed by atoms with Gasteiger partial charge in [-0.3, -0.25) is 0 Å². The number of hydrogen-bond acceptors (Lipinski definition) is 0. The van der Waals surface area contributed by atoms with Crippen molar-refractivity contribution in [3.63, 3.8) is 0 Å². The molecular weight excluding hydrogens is 743 g/mol. The summed E-state index contributed by atoms with van der Waals surface area (Å²) in [5, 5.41) is 5.50. The second kappa shape index (κ2) is 24.1. The number of aryl methyl sites for hydroxylation is 4. The summed E-state index contributed by atoms with van der Waals surface area (Å²) in [6, 6.07) is 40.9. The molecule has 0 saturated heterocycles. The van der Waals surface area contributed by atoms with Crippen molar-refractivity contribution in [1.82, 2.24) is 0 Å². The molecule has 0 aliphatic carbocycles. The predicted molar refractivity (Wildman–Crippen MR) is 224 cm³/mol. The van der Waals surface area contributed by atoms with Crippen LogP contribution >= 0.6 is 17.0 Å². The molecule has 6 aromatic rings. The molecule has 4 heteroatoms. The average Bonchev–Trinajstić information content (AvgIpc) is 3.78. The molecule has 0 aliphatic rings. The van der Waals surface area contributed by atoms with Crippen molar-refractivity contribution in [2.45, 2.75) is 105 Å². The van der Waals surface area contributed by atoms with E-state index in [2.05, 4.69) is 150 Å². The summed E-state index contributed by atoms with van der Waals surface area (Å²) in [5.74, 6) is 0. The number of fused-ring (bicyclic) bond motifs is 2. The molecule has 2 radical (unpaired) electrons. The fourth-order valence-electron chi connectivity index (χ4n) is 6.37. The Hall–Kier alpha value is -2.22. The van der Waals surface area contributed by atoms with Crippen LogP contribution in [-0.4, -0.2) is 9.52 Å². The van der Waals surface area contributed by atoms with E-state index in [9.17, 15) is 0 Å². The van der Waals surface area contributed by atoms with Crippen molar-refractivity contribution < 1.29 is 20.8 Å². The molecule has 0 bridgehead atoms. The summed E-state index contributed by atoms with van der Waals surface area (Å²) in [5.41, 5.74) is 11.2. The van der Waals surface area contributed by atoms with Gasteiger partial charge in [0.2, 0.25) is 0 Å². The van der Waals surface area contributed by atoms with E-state index in [0.29, 0.717) is 0 Å². The molecule has 0 aromatic heterocycles. The van der Waals surface area contributed by atoms with Crippen LogP contribution in [0.2, 0.25) is 13.1 Å². The normalized spacial score (nSPS) is 10.4. The zero-order chi connectivity index (χ0) is 36.1. The van der Waals surface area contributed by atoms with E-state index >= 15 is 0 Å². The summed E-state index contributed by atoms with van der Waals surface area (Å²) in [4.78, 5) is 0. The molecule has 0 amide bonds. The van der Waals surface area contributed by atoms with E-state index in [1.807, 2.05) is 0 Å². The molecule has 0 saturated carbocycles. The van der Waals surface area contributed by atoms with Crippen LogP contribution in [0.1, 0.15) is 88.5 Å². The monoisotopic (exact) mass is 796 g/mol. The number of unbranched alkanes of at least 4 members (excludes halogenated alkanes) is 4. The molecule has 0 fully saturated rings. The molecule has 0 spiro atoms. The van der Waals surface area contributed by atoms with E-state index in [4.69, 9.17) is 17.0 Å². The molecule has 0 heterocycles. The van der Waals surface area contributed by atoms with Crippen LogP contribution in [0.4, 0.5) is 0 Å². The zero-order valence-electron chi connectivity index (χ0n) is 31.2. The van der Waals surface area contributed by atoms with Crippen molar-refractivity contribution in [2.24, 2.45) is 0 Å². The van der Waals surface area contributed by atoms with Crippen LogP contribution in [0.25, 0.3) is 43.8 Å². The first kappa shape index (κ1) is 42.2. The maximum absolute atomic E-state index is 4.93. The van der Waals surface area contributed by atoms with Crippen LogP contribution in [0.5, 0.6) is 0 Å². The fourth-order valence-corrected chi connectivity index (χ4v) is 6.37. The van der Waals surface area contributed by atoms with Crippen LogP contribution < -0.4 is 0 Å². The number of hydrogen-bond donors (Lipinski definition) is 0. The van der Waals surface area contributed by atoms with Gasteiger partial charge in [-0.1, -0.05) is 138 Å². The molecule has 262 valence electrons. The number of halogens is 2. The minimum atomic E-state index is -0.826. The number of rotatable bonds is 12. The second-order valence-electron chi connectivity index (χ2n) is 12.9. The van der Waals surface area contributed by atoms with Crippen molar-refractivity contribution in [3.8, 4) is 22.3 Å². The Kier molecular flexibility index (Phi) is 20.3. The molecule has 50 heavy (non-hydrogen) atoms. The SMILES string of the molecule is CCCCCc1ccc(-c2cccc3[cH-]c(CC)cc23)cc1.CCCCCc1ccc(-c2cccc3[cH-]c(CC)cc23)cc1.C[Si]C.[Cl][Zr+2][Cl]. The molecule has 0 atom stereocenters. The second-order valence-corrected chi connectivity index (χ2v) is 17.7. The molecular formula is C46H56Cl2SiZr. The Labute approximate surface area is 325 Å². The fraction of sp³-hybridized carbons (Fsp3) is 0.348. The van der Waals surface area contributed by atoms with Gasteiger partial charge in [-0.25, -0.2) is 0 Å². The van der Waals surface area contributed by atoms with Crippen LogP contribution in [-0.2, 0) is 46.5 Å². The van der Waals surface area contributed by atoms with E-state index in [1.54, 1.807) is 0 Å². The first-order chi connectivity index (χ1) is 24.5. The molecule has 6 aromatic carbocycles. The first-order valence-corrected chi connectivity index (χ1v) is 26.9. The topological polar surface area (TPSA) is 0 Å². The first-order valence-electron chi connectivity index (χ1n) is 18.6. The zero-order valence-corrected chi connectivity index (χ0v) is 36.2. The summed E-state index contributed by atoms with van der Waals surface area (Å²) in [7, 11) is 11.0. The Morgan fingerprint density at radius 3 is 1.22 bits per heavy atom. The van der Waals surface area contributed by atoms with Crippen LogP contribution in [0.15, 0.2) is 109 Å². The molecule has 0 aliphatic heterocycles. The van der Waals surface area contributed by atoms with Gasteiger partial charge in [-0.15, -0.1) is 69.1 Å². The summed E-state index contributed by atoms with van der Waals surface area (Å²) >= 11 is -0.826. The van der Waals surface area contributed by atoms with Crippen molar-refractivity contribution in [2.75, 3.05) is 0 Å². The van der Waals surface area contributed by atoms with Gasteiger partial charge in [-0.2, -0.15) is 12.1 Å². The Bertz CT molecular complexity index is 1650. The molecule has 0 unspecified atom stereocenters. The summed E-state index contributed by atoms with van der Waals surface area (Å²) in [6.07, 6.45) is 12.4. The van der Waals surface area contributed by atoms with Crippen molar-refractivity contribution >= 4 is 48.1 Å². The van der Waals surface area contributed by atoms with E-state index in [-0.39, 0.29) is 0 Å². The van der Waals surface area contributed by atoms with Gasteiger partial charge in [0.25, 0.3) is 0 Å². The van der Waals surface area contributed by atoms with Gasteiger partial charge in [-0.05, 0) is 60.8 Å². The van der Waals surface area contributed by atoms with Gasteiger partial charge in [0, 0.05) is 9.52 Å². The third-order valence-electron chi connectivity index (χ3n) is 9.11. The van der Waals surface area contributed by atoms with Crippen molar-refractivity contribution in [1.29, 1.82) is 0 Å². The summed E-state index contributed by atoms with van der Waals surface area (Å²) < 4.78 is 0. The maximum atomic E-state index is 4.93. The van der Waals surface area contributed by atoms with Crippen LogP contribution in [0.3, 0.4) is 0 Å². The van der Waals surface area contributed by atoms with Gasteiger partial charge in [0.05, 0.1) is 0 Å². The van der Waals surface area contributed by atoms with Crippen LogP contribution in [0, 0.1) is 0 Å². The molecule has 0 N–H and O–H groups in total. The van der Waals surface area contributed by atoms with E-state index < -0.39 is 20.8 Å². The van der Waals surface area contributed by atoms with E-state index in [1.165, 1.54) is 117 Å². The van der Waals surface area contributed by atoms with Gasteiger partial charge < -0.3 is 0 Å². The van der Waals surface area contributed by atoms with Crippen molar-refractivity contribution in [3.05, 3.63) is 131 Å². The third kappa shape index (κ3) is 13.1. The quantitative estimate of drug-likeness (QED) is 0.0657. The standard InChI is InChI=1S/2C22H25.C2H6Si.2ClH.Zr/c2*1-3-5-6-8-18-11-13-19(14-12-18)21-10-7-9-20-15-17(4-2)16-22(20)21;1-3-2;;;/h2*7,9-16H,3-6,8H2,1-2H3;1-2H3;2*1H;/q2*-1;;;;+4/p-2. The van der Waals surface area contributed by atoms with E-state index in [0.717, 1.165) is 22.4 Å². The Morgan fingerprint density at radius 2 is 0.900 bits per heavy atom. The minimum absolute atomic E-state index is 0.826. The van der Waals surface area contributed by atoms with Gasteiger partial charge in [0.15, 0.2) is 0 Å².